The lowest BCUT2D eigenvalue weighted by atomic mass is 10.1. The van der Waals surface area contributed by atoms with E-state index >= 15 is 0 Å². The molecule has 0 unspecified atom stereocenters. The number of benzene rings is 1. The van der Waals surface area contributed by atoms with Gasteiger partial charge in [-0.05, 0) is 36.8 Å². The van der Waals surface area contributed by atoms with E-state index in [1.807, 2.05) is 6.92 Å². The number of anilines is 1. The van der Waals surface area contributed by atoms with Crippen molar-refractivity contribution in [3.8, 4) is 0 Å². The number of aryl methyl sites for hydroxylation is 1. The molecule has 0 radical (unpaired) electrons. The zero-order valence-electron chi connectivity index (χ0n) is 10.6. The molecule has 0 atom stereocenters. The van der Waals surface area contributed by atoms with E-state index in [-0.39, 0.29) is 11.3 Å². The van der Waals surface area contributed by atoms with Gasteiger partial charge in [0.1, 0.15) is 0 Å². The molecule has 0 fully saturated rings. The summed E-state index contributed by atoms with van der Waals surface area (Å²) in [6, 6.07) is 6.32. The maximum Gasteiger partial charge on any atom is 0.337 e. The van der Waals surface area contributed by atoms with Crippen molar-refractivity contribution in [1.82, 2.24) is 4.98 Å². The Balaban J connectivity index is 2.30. The number of carboxylic acid groups (broad SMARTS) is 1. The van der Waals surface area contributed by atoms with E-state index in [1.54, 1.807) is 18.3 Å². The van der Waals surface area contributed by atoms with Crippen molar-refractivity contribution in [2.45, 2.75) is 6.92 Å². The Kier molecular flexibility index (Phi) is 4.14. The van der Waals surface area contributed by atoms with Gasteiger partial charge >= 0.3 is 5.97 Å². The molecule has 6 heteroatoms. The standard InChI is InChI=1S/C14H11BrN2O3/c1-8-4-9(7-16-6-8)13(18)17-12-3-2-10(15)5-11(12)14(19)20/h2-7H,1H3,(H,17,18)(H,19,20). The molecule has 2 aromatic rings. The van der Waals surface area contributed by atoms with E-state index in [2.05, 4.69) is 26.2 Å². The lowest BCUT2D eigenvalue weighted by Gasteiger charge is -2.09. The number of carbonyl (C=O) groups is 2. The van der Waals surface area contributed by atoms with E-state index in [4.69, 9.17) is 5.11 Å². The number of aromatic nitrogens is 1. The summed E-state index contributed by atoms with van der Waals surface area (Å²) < 4.78 is 0.630. The van der Waals surface area contributed by atoms with Crippen LogP contribution in [0.15, 0.2) is 41.1 Å². The average molecular weight is 335 g/mol. The molecule has 1 aromatic carbocycles. The Labute approximate surface area is 123 Å². The molecule has 0 aliphatic carbocycles. The Morgan fingerprint density at radius 1 is 1.25 bits per heavy atom. The number of nitrogens with zero attached hydrogens (tertiary/aromatic N) is 1. The molecule has 0 saturated heterocycles. The third-order valence-corrected chi connectivity index (χ3v) is 3.09. The summed E-state index contributed by atoms with van der Waals surface area (Å²) in [5.41, 5.74) is 1.50. The molecule has 5 nitrogen and oxygen atoms in total. The molecule has 1 heterocycles. The lowest BCUT2D eigenvalue weighted by molar-refractivity contribution is 0.0698. The van der Waals surface area contributed by atoms with Gasteiger partial charge in [-0.3, -0.25) is 9.78 Å². The van der Waals surface area contributed by atoms with Gasteiger partial charge in [-0.2, -0.15) is 0 Å². The van der Waals surface area contributed by atoms with Crippen LogP contribution in [0, 0.1) is 6.92 Å². The number of amides is 1. The van der Waals surface area contributed by atoms with Gasteiger partial charge in [0.2, 0.25) is 0 Å². The molecule has 0 aliphatic heterocycles. The maximum atomic E-state index is 12.1. The first kappa shape index (κ1) is 14.2. The summed E-state index contributed by atoms with van der Waals surface area (Å²) in [5, 5.41) is 11.7. The monoisotopic (exact) mass is 334 g/mol. The van der Waals surface area contributed by atoms with E-state index < -0.39 is 11.9 Å². The Hall–Kier alpha value is -2.21. The molecule has 20 heavy (non-hydrogen) atoms. The summed E-state index contributed by atoms with van der Waals surface area (Å²) in [5.74, 6) is -1.50. The fourth-order valence-corrected chi connectivity index (χ4v) is 2.04. The predicted octanol–water partition coefficient (Wildman–Crippen LogP) is 3.10. The highest BCUT2D eigenvalue weighted by Gasteiger charge is 2.14. The lowest BCUT2D eigenvalue weighted by Crippen LogP contribution is -2.15. The number of carboxylic acids is 1. The van der Waals surface area contributed by atoms with Crippen molar-refractivity contribution in [2.75, 3.05) is 5.32 Å². The second kappa shape index (κ2) is 5.83. The summed E-state index contributed by atoms with van der Waals surface area (Å²) >= 11 is 3.20. The van der Waals surface area contributed by atoms with Gasteiger partial charge in [-0.25, -0.2) is 4.79 Å². The van der Waals surface area contributed by atoms with E-state index in [1.165, 1.54) is 18.3 Å². The normalized spacial score (nSPS) is 10.1. The van der Waals surface area contributed by atoms with Crippen molar-refractivity contribution < 1.29 is 14.7 Å². The Morgan fingerprint density at radius 2 is 2.00 bits per heavy atom. The number of rotatable bonds is 3. The van der Waals surface area contributed by atoms with Gasteiger partial charge < -0.3 is 10.4 Å². The number of pyridine rings is 1. The highest BCUT2D eigenvalue weighted by molar-refractivity contribution is 9.10. The fourth-order valence-electron chi connectivity index (χ4n) is 1.68. The molecule has 0 bridgehead atoms. The number of aromatic carboxylic acids is 1. The largest absolute Gasteiger partial charge is 0.478 e. The zero-order valence-corrected chi connectivity index (χ0v) is 12.1. The van der Waals surface area contributed by atoms with Crippen LogP contribution in [0.4, 0.5) is 5.69 Å². The average Bonchev–Trinajstić information content (AvgIpc) is 2.40. The second-order valence-electron chi connectivity index (χ2n) is 4.20. The van der Waals surface area contributed by atoms with Crippen LogP contribution in [-0.2, 0) is 0 Å². The first-order valence-electron chi connectivity index (χ1n) is 5.73. The molecule has 0 spiro atoms. The van der Waals surface area contributed by atoms with Crippen LogP contribution < -0.4 is 5.32 Å². The molecule has 2 N–H and O–H groups in total. The van der Waals surface area contributed by atoms with Crippen LogP contribution in [0.5, 0.6) is 0 Å². The summed E-state index contributed by atoms with van der Waals surface area (Å²) in [4.78, 5) is 27.2. The van der Waals surface area contributed by atoms with Crippen LogP contribution in [-0.4, -0.2) is 22.0 Å². The minimum absolute atomic E-state index is 0.0216. The number of hydrogen-bond acceptors (Lipinski definition) is 3. The number of hydrogen-bond donors (Lipinski definition) is 2. The van der Waals surface area contributed by atoms with Crippen molar-refractivity contribution >= 4 is 33.5 Å². The van der Waals surface area contributed by atoms with Crippen LogP contribution in [0.1, 0.15) is 26.3 Å². The molecule has 0 saturated carbocycles. The third-order valence-electron chi connectivity index (χ3n) is 2.60. The van der Waals surface area contributed by atoms with Crippen LogP contribution in [0.3, 0.4) is 0 Å². The van der Waals surface area contributed by atoms with Gasteiger partial charge in [0.05, 0.1) is 16.8 Å². The van der Waals surface area contributed by atoms with Crippen molar-refractivity contribution in [2.24, 2.45) is 0 Å². The Morgan fingerprint density at radius 3 is 2.65 bits per heavy atom. The minimum Gasteiger partial charge on any atom is -0.478 e. The van der Waals surface area contributed by atoms with Crippen LogP contribution in [0.25, 0.3) is 0 Å². The van der Waals surface area contributed by atoms with E-state index in [0.717, 1.165) is 5.56 Å². The van der Waals surface area contributed by atoms with Gasteiger partial charge in [0, 0.05) is 16.9 Å². The zero-order chi connectivity index (χ0) is 14.7. The molecular weight excluding hydrogens is 324 g/mol. The van der Waals surface area contributed by atoms with Crippen molar-refractivity contribution in [1.29, 1.82) is 0 Å². The van der Waals surface area contributed by atoms with Gasteiger partial charge in [-0.15, -0.1) is 0 Å². The first-order chi connectivity index (χ1) is 9.47. The van der Waals surface area contributed by atoms with Crippen LogP contribution in [0.2, 0.25) is 0 Å². The molecular formula is C14H11BrN2O3. The highest BCUT2D eigenvalue weighted by Crippen LogP contribution is 2.21. The topological polar surface area (TPSA) is 79.3 Å². The fraction of sp³-hybridized carbons (Fsp3) is 0.0714. The van der Waals surface area contributed by atoms with E-state index in [0.29, 0.717) is 10.0 Å². The highest BCUT2D eigenvalue weighted by atomic mass is 79.9. The number of carbonyl (C=O) groups excluding carboxylic acids is 1. The third kappa shape index (κ3) is 3.21. The van der Waals surface area contributed by atoms with Crippen LogP contribution >= 0.6 is 15.9 Å². The Bertz CT molecular complexity index is 686. The van der Waals surface area contributed by atoms with Gasteiger partial charge in [-0.1, -0.05) is 15.9 Å². The minimum atomic E-state index is -1.11. The van der Waals surface area contributed by atoms with E-state index in [9.17, 15) is 9.59 Å². The first-order valence-corrected chi connectivity index (χ1v) is 6.52. The molecule has 0 aliphatic rings. The maximum absolute atomic E-state index is 12.1. The van der Waals surface area contributed by atoms with Crippen molar-refractivity contribution in [3.05, 3.63) is 57.8 Å². The predicted molar refractivity (Wildman–Crippen MR) is 78.0 cm³/mol. The van der Waals surface area contributed by atoms with Gasteiger partial charge in [0.25, 0.3) is 5.91 Å². The molecule has 2 rings (SSSR count). The summed E-state index contributed by atoms with van der Waals surface area (Å²) in [6.45, 7) is 1.83. The summed E-state index contributed by atoms with van der Waals surface area (Å²) in [6.07, 6.45) is 3.07. The second-order valence-corrected chi connectivity index (χ2v) is 5.12. The molecule has 1 aromatic heterocycles. The number of nitrogens with one attached hydrogen (secondary N) is 1. The smallest absolute Gasteiger partial charge is 0.337 e. The molecule has 102 valence electrons. The van der Waals surface area contributed by atoms with Gasteiger partial charge in [0.15, 0.2) is 0 Å². The quantitative estimate of drug-likeness (QED) is 0.903. The SMILES string of the molecule is Cc1cncc(C(=O)Nc2ccc(Br)cc2C(=O)O)c1. The number of halogens is 1. The van der Waals surface area contributed by atoms with Crippen molar-refractivity contribution in [3.63, 3.8) is 0 Å². The summed E-state index contributed by atoms with van der Waals surface area (Å²) in [7, 11) is 0. The molecule has 1 amide bonds.